The molecule has 3 rings (SSSR count). The van der Waals surface area contributed by atoms with E-state index in [-0.39, 0.29) is 5.91 Å². The van der Waals surface area contributed by atoms with E-state index in [9.17, 15) is 4.79 Å². The van der Waals surface area contributed by atoms with Crippen molar-refractivity contribution >= 4 is 29.0 Å². The normalized spacial score (nSPS) is 10.1. The van der Waals surface area contributed by atoms with Gasteiger partial charge in [-0.1, -0.05) is 12.1 Å². The molecular weight excluding hydrogens is 318 g/mol. The highest BCUT2D eigenvalue weighted by Crippen LogP contribution is 2.19. The number of nitrogens with one attached hydrogen (secondary N) is 3. The maximum atomic E-state index is 11.1. The van der Waals surface area contributed by atoms with Crippen molar-refractivity contribution in [2.75, 3.05) is 16.0 Å². The molecule has 8 heteroatoms. The van der Waals surface area contributed by atoms with Gasteiger partial charge in [-0.05, 0) is 30.3 Å². The first-order valence-corrected chi connectivity index (χ1v) is 7.67. The van der Waals surface area contributed by atoms with E-state index in [1.165, 1.54) is 13.1 Å². The molecule has 0 radical (unpaired) electrons. The molecule has 0 aliphatic heterocycles. The predicted molar refractivity (Wildman–Crippen MR) is 95.4 cm³/mol. The number of anilines is 4. The van der Waals surface area contributed by atoms with Crippen molar-refractivity contribution in [2.45, 2.75) is 13.5 Å². The predicted octanol–water partition coefficient (Wildman–Crippen LogP) is 2.58. The molecule has 126 valence electrons. The lowest BCUT2D eigenvalue weighted by molar-refractivity contribution is -0.114. The molecule has 0 saturated heterocycles. The summed E-state index contributed by atoms with van der Waals surface area (Å²) >= 11 is 0. The Kier molecular flexibility index (Phi) is 5.10. The van der Waals surface area contributed by atoms with Gasteiger partial charge in [-0.25, -0.2) is 0 Å². The molecule has 2 aromatic heterocycles. The van der Waals surface area contributed by atoms with Crippen LogP contribution in [0.5, 0.6) is 0 Å². The van der Waals surface area contributed by atoms with E-state index in [4.69, 9.17) is 0 Å². The third-order valence-electron chi connectivity index (χ3n) is 3.17. The summed E-state index contributed by atoms with van der Waals surface area (Å²) in [6, 6.07) is 13.0. The molecule has 0 bridgehead atoms. The lowest BCUT2D eigenvalue weighted by atomic mass is 10.2. The molecule has 3 N–H and O–H groups in total. The van der Waals surface area contributed by atoms with Crippen LogP contribution in [0.2, 0.25) is 0 Å². The molecular formula is C17H17N7O. The third-order valence-corrected chi connectivity index (χ3v) is 3.17. The first-order chi connectivity index (χ1) is 12.2. The number of hydrogen-bond donors (Lipinski definition) is 3. The Morgan fingerprint density at radius 2 is 2.00 bits per heavy atom. The van der Waals surface area contributed by atoms with Crippen molar-refractivity contribution < 1.29 is 4.79 Å². The lowest BCUT2D eigenvalue weighted by Gasteiger charge is -2.09. The van der Waals surface area contributed by atoms with Gasteiger partial charge in [-0.15, -0.1) is 5.10 Å². The number of nitrogens with zero attached hydrogens (tertiary/aromatic N) is 4. The van der Waals surface area contributed by atoms with Crippen LogP contribution < -0.4 is 16.0 Å². The van der Waals surface area contributed by atoms with Gasteiger partial charge in [0.25, 0.3) is 0 Å². The number of carbonyl (C=O) groups is 1. The molecule has 0 atom stereocenters. The zero-order chi connectivity index (χ0) is 17.5. The van der Waals surface area contributed by atoms with Crippen molar-refractivity contribution in [3.63, 3.8) is 0 Å². The van der Waals surface area contributed by atoms with Gasteiger partial charge in [0.2, 0.25) is 11.9 Å². The summed E-state index contributed by atoms with van der Waals surface area (Å²) in [5, 5.41) is 16.8. The first-order valence-electron chi connectivity index (χ1n) is 7.67. The number of aromatic nitrogens is 4. The Bertz CT molecular complexity index is 854. The monoisotopic (exact) mass is 335 g/mol. The number of amides is 1. The highest BCUT2D eigenvalue weighted by Gasteiger charge is 2.03. The van der Waals surface area contributed by atoms with Crippen molar-refractivity contribution in [1.82, 2.24) is 20.2 Å². The Hall–Kier alpha value is -3.55. The molecule has 8 nitrogen and oxygen atoms in total. The van der Waals surface area contributed by atoms with E-state index in [1.807, 2.05) is 42.5 Å². The number of hydrogen-bond acceptors (Lipinski definition) is 7. The van der Waals surface area contributed by atoms with Crippen LogP contribution in [0.3, 0.4) is 0 Å². The number of carbonyl (C=O) groups excluding carboxylic acids is 1. The highest BCUT2D eigenvalue weighted by atomic mass is 16.1. The molecule has 0 spiro atoms. The fourth-order valence-corrected chi connectivity index (χ4v) is 2.14. The summed E-state index contributed by atoms with van der Waals surface area (Å²) < 4.78 is 0. The summed E-state index contributed by atoms with van der Waals surface area (Å²) in [5.41, 5.74) is 2.36. The van der Waals surface area contributed by atoms with Crippen LogP contribution in [0.4, 0.5) is 23.1 Å². The van der Waals surface area contributed by atoms with Gasteiger partial charge in [-0.3, -0.25) is 9.78 Å². The topological polar surface area (TPSA) is 105 Å². The van der Waals surface area contributed by atoms with Gasteiger partial charge < -0.3 is 16.0 Å². The SMILES string of the molecule is CC(=O)Nc1cccc(Nc2cnnc(NCc3ccccn3)n2)c1. The molecule has 3 aromatic rings. The largest absolute Gasteiger partial charge is 0.347 e. The van der Waals surface area contributed by atoms with Crippen molar-refractivity contribution in [3.8, 4) is 0 Å². The first kappa shape index (κ1) is 16.3. The Morgan fingerprint density at radius 3 is 2.80 bits per heavy atom. The van der Waals surface area contributed by atoms with E-state index >= 15 is 0 Å². The zero-order valence-electron chi connectivity index (χ0n) is 13.6. The van der Waals surface area contributed by atoms with E-state index in [0.717, 1.165) is 11.4 Å². The Balaban J connectivity index is 1.66. The molecule has 1 amide bonds. The number of rotatable bonds is 6. The van der Waals surface area contributed by atoms with Crippen LogP contribution in [0.25, 0.3) is 0 Å². The molecule has 0 unspecified atom stereocenters. The van der Waals surface area contributed by atoms with Gasteiger partial charge in [0.15, 0.2) is 5.82 Å². The standard InChI is InChI=1S/C17H17N7O/c1-12(25)21-13-6-4-7-14(9-13)22-16-11-20-24-17(23-16)19-10-15-5-2-3-8-18-15/h2-9,11H,10H2,1H3,(H,21,25)(H2,19,22,23,24). The second-order valence-corrected chi connectivity index (χ2v) is 5.23. The molecule has 0 aliphatic rings. The smallest absolute Gasteiger partial charge is 0.245 e. The summed E-state index contributed by atoms with van der Waals surface area (Å²) in [6.07, 6.45) is 3.26. The lowest BCUT2D eigenvalue weighted by Crippen LogP contribution is -2.08. The quantitative estimate of drug-likeness (QED) is 0.636. The van der Waals surface area contributed by atoms with Crippen LogP contribution in [0, 0.1) is 0 Å². The molecule has 2 heterocycles. The summed E-state index contributed by atoms with van der Waals surface area (Å²) in [4.78, 5) is 19.7. The van der Waals surface area contributed by atoms with Gasteiger partial charge in [0.05, 0.1) is 18.4 Å². The van der Waals surface area contributed by atoms with Crippen LogP contribution in [0.1, 0.15) is 12.6 Å². The minimum absolute atomic E-state index is 0.123. The van der Waals surface area contributed by atoms with Gasteiger partial charge >= 0.3 is 0 Å². The second-order valence-electron chi connectivity index (χ2n) is 5.23. The van der Waals surface area contributed by atoms with Gasteiger partial charge in [0, 0.05) is 24.5 Å². The third kappa shape index (κ3) is 4.96. The average Bonchev–Trinajstić information content (AvgIpc) is 2.61. The zero-order valence-corrected chi connectivity index (χ0v) is 13.6. The van der Waals surface area contributed by atoms with Crippen LogP contribution in [-0.2, 0) is 11.3 Å². The minimum atomic E-state index is -0.123. The van der Waals surface area contributed by atoms with Crippen LogP contribution in [-0.4, -0.2) is 26.1 Å². The number of benzene rings is 1. The second kappa shape index (κ2) is 7.82. The minimum Gasteiger partial charge on any atom is -0.347 e. The summed E-state index contributed by atoms with van der Waals surface area (Å²) in [5.74, 6) is 0.814. The van der Waals surface area contributed by atoms with Crippen molar-refractivity contribution in [2.24, 2.45) is 0 Å². The summed E-state index contributed by atoms with van der Waals surface area (Å²) in [7, 11) is 0. The summed E-state index contributed by atoms with van der Waals surface area (Å²) in [6.45, 7) is 1.97. The average molecular weight is 335 g/mol. The van der Waals surface area contributed by atoms with Gasteiger partial charge in [0.1, 0.15) is 0 Å². The highest BCUT2D eigenvalue weighted by molar-refractivity contribution is 5.89. The molecule has 0 saturated carbocycles. The maximum Gasteiger partial charge on any atom is 0.245 e. The molecule has 25 heavy (non-hydrogen) atoms. The van der Waals surface area contributed by atoms with Gasteiger partial charge in [-0.2, -0.15) is 10.1 Å². The number of pyridine rings is 1. The van der Waals surface area contributed by atoms with E-state index in [0.29, 0.717) is 24.0 Å². The van der Waals surface area contributed by atoms with E-state index < -0.39 is 0 Å². The van der Waals surface area contributed by atoms with Crippen molar-refractivity contribution in [3.05, 3.63) is 60.6 Å². The van der Waals surface area contributed by atoms with E-state index in [2.05, 4.69) is 36.1 Å². The Labute approximate surface area is 144 Å². The fourth-order valence-electron chi connectivity index (χ4n) is 2.14. The molecule has 1 aromatic carbocycles. The van der Waals surface area contributed by atoms with Crippen LogP contribution in [0.15, 0.2) is 54.9 Å². The van der Waals surface area contributed by atoms with Crippen LogP contribution >= 0.6 is 0 Å². The maximum absolute atomic E-state index is 11.1. The fraction of sp³-hybridized carbons (Fsp3) is 0.118. The molecule has 0 fully saturated rings. The van der Waals surface area contributed by atoms with Crippen molar-refractivity contribution in [1.29, 1.82) is 0 Å². The molecule has 0 aliphatic carbocycles. The van der Waals surface area contributed by atoms with E-state index in [1.54, 1.807) is 6.20 Å². The Morgan fingerprint density at radius 1 is 1.12 bits per heavy atom.